The first-order chi connectivity index (χ1) is 12.4. The number of aliphatic hydroxyl groups is 2. The Labute approximate surface area is 151 Å². The lowest BCUT2D eigenvalue weighted by atomic mass is 9.97. The molecule has 1 aromatic carbocycles. The summed E-state index contributed by atoms with van der Waals surface area (Å²) in [6, 6.07) is 8.92. The molecule has 140 valence electrons. The van der Waals surface area contributed by atoms with Gasteiger partial charge in [-0.3, -0.25) is 15.3 Å². The molecule has 1 heterocycles. The predicted molar refractivity (Wildman–Crippen MR) is 92.7 cm³/mol. The number of carbonyl (C=O) groups excluding carboxylic acids is 2. The highest BCUT2D eigenvalue weighted by atomic mass is 16.5. The molecule has 3 amide bonds. The number of benzene rings is 1. The summed E-state index contributed by atoms with van der Waals surface area (Å²) in [4.78, 5) is 25.2. The molecule has 1 saturated heterocycles. The van der Waals surface area contributed by atoms with E-state index in [-0.39, 0.29) is 5.92 Å². The SMILES string of the molecule is C[C@H](O)[C@@](O)(NC(=O)N1CCC(C#Cc2ccccc2)CC1)C(=O)NO. The fourth-order valence-corrected chi connectivity index (χ4v) is 2.61. The lowest BCUT2D eigenvalue weighted by Crippen LogP contribution is -2.66. The van der Waals surface area contributed by atoms with Gasteiger partial charge in [0.15, 0.2) is 0 Å². The molecule has 0 radical (unpaired) electrons. The number of piperidine rings is 1. The molecule has 8 heteroatoms. The van der Waals surface area contributed by atoms with E-state index in [0.717, 1.165) is 12.5 Å². The number of amides is 3. The fraction of sp³-hybridized carbons (Fsp3) is 0.444. The Kier molecular flexibility index (Phi) is 6.58. The van der Waals surface area contributed by atoms with Crippen molar-refractivity contribution in [3.63, 3.8) is 0 Å². The van der Waals surface area contributed by atoms with Gasteiger partial charge in [0.25, 0.3) is 5.91 Å². The van der Waals surface area contributed by atoms with Crippen molar-refractivity contribution in [1.29, 1.82) is 0 Å². The zero-order chi connectivity index (χ0) is 19.2. The van der Waals surface area contributed by atoms with Crippen LogP contribution in [0.3, 0.4) is 0 Å². The van der Waals surface area contributed by atoms with E-state index in [1.165, 1.54) is 10.4 Å². The minimum atomic E-state index is -2.62. The first-order valence-corrected chi connectivity index (χ1v) is 8.35. The number of carbonyl (C=O) groups is 2. The van der Waals surface area contributed by atoms with Gasteiger partial charge in [0, 0.05) is 24.6 Å². The van der Waals surface area contributed by atoms with Gasteiger partial charge in [0.1, 0.15) is 6.10 Å². The lowest BCUT2D eigenvalue weighted by molar-refractivity contribution is -0.164. The highest BCUT2D eigenvalue weighted by molar-refractivity contribution is 5.89. The summed E-state index contributed by atoms with van der Waals surface area (Å²) >= 11 is 0. The van der Waals surface area contributed by atoms with Crippen molar-refractivity contribution in [2.45, 2.75) is 31.6 Å². The quantitative estimate of drug-likeness (QED) is 0.225. The second-order valence-corrected chi connectivity index (χ2v) is 6.21. The molecular weight excluding hydrogens is 338 g/mol. The van der Waals surface area contributed by atoms with Gasteiger partial charge in [-0.25, -0.2) is 10.3 Å². The fourth-order valence-electron chi connectivity index (χ4n) is 2.61. The molecule has 26 heavy (non-hydrogen) atoms. The first-order valence-electron chi connectivity index (χ1n) is 8.35. The molecule has 1 aliphatic heterocycles. The minimum Gasteiger partial charge on any atom is -0.388 e. The zero-order valence-electron chi connectivity index (χ0n) is 14.5. The van der Waals surface area contributed by atoms with Crippen LogP contribution in [0.1, 0.15) is 25.3 Å². The minimum absolute atomic E-state index is 0.149. The van der Waals surface area contributed by atoms with Gasteiger partial charge in [0.05, 0.1) is 0 Å². The molecule has 1 aromatic rings. The lowest BCUT2D eigenvalue weighted by Gasteiger charge is -2.35. The van der Waals surface area contributed by atoms with E-state index in [2.05, 4.69) is 17.2 Å². The summed E-state index contributed by atoms with van der Waals surface area (Å²) in [5.74, 6) is 5.14. The second-order valence-electron chi connectivity index (χ2n) is 6.21. The molecule has 8 nitrogen and oxygen atoms in total. The molecule has 0 bridgehead atoms. The highest BCUT2D eigenvalue weighted by Gasteiger charge is 2.44. The normalized spacial score (nSPS) is 18.1. The second kappa shape index (κ2) is 8.67. The summed E-state index contributed by atoms with van der Waals surface area (Å²) in [7, 11) is 0. The van der Waals surface area contributed by atoms with Crippen molar-refractivity contribution in [2.75, 3.05) is 13.1 Å². The Hall–Kier alpha value is -2.60. The van der Waals surface area contributed by atoms with E-state index in [9.17, 15) is 19.8 Å². The van der Waals surface area contributed by atoms with E-state index in [0.29, 0.717) is 25.9 Å². The summed E-state index contributed by atoms with van der Waals surface area (Å²) in [6.45, 7) is 1.92. The maximum Gasteiger partial charge on any atom is 0.320 e. The van der Waals surface area contributed by atoms with E-state index in [1.807, 2.05) is 30.3 Å². The molecule has 1 fully saturated rings. The molecule has 5 N–H and O–H groups in total. The van der Waals surface area contributed by atoms with E-state index in [4.69, 9.17) is 5.21 Å². The maximum atomic E-state index is 12.3. The number of likely N-dealkylation sites (tertiary alicyclic amines) is 1. The number of urea groups is 1. The van der Waals surface area contributed by atoms with Crippen LogP contribution in [0.2, 0.25) is 0 Å². The molecule has 0 unspecified atom stereocenters. The third-order valence-electron chi connectivity index (χ3n) is 4.33. The van der Waals surface area contributed by atoms with E-state index in [1.54, 1.807) is 0 Å². The average molecular weight is 361 g/mol. The van der Waals surface area contributed by atoms with Crippen LogP contribution >= 0.6 is 0 Å². The number of aliphatic hydroxyl groups excluding tert-OH is 1. The Balaban J connectivity index is 1.92. The van der Waals surface area contributed by atoms with Crippen LogP contribution in [0.15, 0.2) is 30.3 Å². The van der Waals surface area contributed by atoms with E-state index < -0.39 is 23.8 Å². The summed E-state index contributed by atoms with van der Waals surface area (Å²) < 4.78 is 0. The van der Waals surface area contributed by atoms with Crippen molar-refractivity contribution >= 4 is 11.9 Å². The molecule has 2 atom stereocenters. The Morgan fingerprint density at radius 3 is 2.42 bits per heavy atom. The average Bonchev–Trinajstić information content (AvgIpc) is 2.66. The van der Waals surface area contributed by atoms with Gasteiger partial charge in [-0.05, 0) is 31.9 Å². The van der Waals surface area contributed by atoms with Crippen LogP contribution in [-0.2, 0) is 4.79 Å². The topological polar surface area (TPSA) is 122 Å². The third kappa shape index (κ3) is 4.73. The third-order valence-corrected chi connectivity index (χ3v) is 4.33. The molecule has 2 rings (SSSR count). The van der Waals surface area contributed by atoms with Gasteiger partial charge < -0.3 is 15.1 Å². The Morgan fingerprint density at radius 2 is 1.88 bits per heavy atom. The number of nitrogens with one attached hydrogen (secondary N) is 2. The van der Waals surface area contributed by atoms with Gasteiger partial charge in [0.2, 0.25) is 5.72 Å². The number of nitrogens with zero attached hydrogens (tertiary/aromatic N) is 1. The van der Waals surface area contributed by atoms with Crippen LogP contribution in [0.4, 0.5) is 4.79 Å². The first kappa shape index (κ1) is 19.7. The van der Waals surface area contributed by atoms with Crippen LogP contribution in [-0.4, -0.2) is 57.2 Å². The monoisotopic (exact) mass is 361 g/mol. The van der Waals surface area contributed by atoms with Crippen molar-refractivity contribution < 1.29 is 25.0 Å². The molecular formula is C18H23N3O5. The summed E-state index contributed by atoms with van der Waals surface area (Å²) in [5, 5.41) is 30.4. The highest BCUT2D eigenvalue weighted by Crippen LogP contribution is 2.18. The van der Waals surface area contributed by atoms with Gasteiger partial charge in [-0.15, -0.1) is 0 Å². The van der Waals surface area contributed by atoms with Crippen molar-refractivity contribution in [3.05, 3.63) is 35.9 Å². The molecule has 1 aliphatic rings. The number of hydrogen-bond acceptors (Lipinski definition) is 5. The van der Waals surface area contributed by atoms with Crippen molar-refractivity contribution in [3.8, 4) is 11.8 Å². The van der Waals surface area contributed by atoms with Crippen LogP contribution in [0.25, 0.3) is 0 Å². The molecule has 0 aromatic heterocycles. The number of rotatable bonds is 3. The van der Waals surface area contributed by atoms with Crippen LogP contribution in [0.5, 0.6) is 0 Å². The number of hydroxylamine groups is 1. The van der Waals surface area contributed by atoms with E-state index >= 15 is 0 Å². The van der Waals surface area contributed by atoms with Gasteiger partial charge in [-0.1, -0.05) is 30.0 Å². The standard InChI is InChI=1S/C18H23N3O5/c1-13(22)18(25,16(23)20-26)19-17(24)21-11-9-15(10-12-21)8-7-14-5-3-2-4-6-14/h2-6,13,15,22,25-26H,9-12H2,1H3,(H,19,24)(H,20,23)/t13-,18-/m0/s1. The summed E-state index contributed by atoms with van der Waals surface area (Å²) in [5.41, 5.74) is -0.446. The largest absolute Gasteiger partial charge is 0.388 e. The smallest absolute Gasteiger partial charge is 0.320 e. The van der Waals surface area contributed by atoms with Crippen molar-refractivity contribution in [1.82, 2.24) is 15.7 Å². The maximum absolute atomic E-state index is 12.3. The predicted octanol–water partition coefficient (Wildman–Crippen LogP) is 0.0345. The zero-order valence-corrected chi connectivity index (χ0v) is 14.5. The van der Waals surface area contributed by atoms with Gasteiger partial charge in [-0.2, -0.15) is 0 Å². The summed E-state index contributed by atoms with van der Waals surface area (Å²) in [6.07, 6.45) is -0.299. The van der Waals surface area contributed by atoms with Crippen LogP contribution in [0, 0.1) is 17.8 Å². The van der Waals surface area contributed by atoms with Crippen molar-refractivity contribution in [2.24, 2.45) is 5.92 Å². The van der Waals surface area contributed by atoms with Gasteiger partial charge >= 0.3 is 6.03 Å². The Bertz CT molecular complexity index is 690. The Morgan fingerprint density at radius 1 is 1.27 bits per heavy atom. The van der Waals surface area contributed by atoms with Crippen LogP contribution < -0.4 is 10.8 Å². The molecule has 0 spiro atoms. The molecule has 0 saturated carbocycles. The molecule has 0 aliphatic carbocycles. The number of hydrogen-bond donors (Lipinski definition) is 5.